The molecule has 0 aliphatic heterocycles. The number of halogens is 1. The normalized spacial score (nSPS) is 10.7. The van der Waals surface area contributed by atoms with Gasteiger partial charge in [0.2, 0.25) is 5.95 Å². The van der Waals surface area contributed by atoms with Crippen LogP contribution in [0.15, 0.2) is 16.9 Å². The van der Waals surface area contributed by atoms with Crippen molar-refractivity contribution in [3.8, 4) is 0 Å². The van der Waals surface area contributed by atoms with Gasteiger partial charge in [0.05, 0.1) is 4.47 Å². The molecule has 0 bridgehead atoms. The molecule has 0 unspecified atom stereocenters. The highest BCUT2D eigenvalue weighted by Crippen LogP contribution is 2.13. The predicted octanol–water partition coefficient (Wildman–Crippen LogP) is 1.84. The minimum atomic E-state index is 0.194. The van der Waals surface area contributed by atoms with E-state index in [-0.39, 0.29) is 6.61 Å². The molecule has 0 aliphatic rings. The van der Waals surface area contributed by atoms with Crippen LogP contribution in [0.25, 0.3) is 0 Å². The summed E-state index contributed by atoms with van der Waals surface area (Å²) in [5.41, 5.74) is 0. The molecule has 0 radical (unpaired) electrons. The second kappa shape index (κ2) is 6.02. The van der Waals surface area contributed by atoms with Gasteiger partial charge in [0, 0.05) is 31.6 Å². The van der Waals surface area contributed by atoms with Crippen LogP contribution in [0.4, 0.5) is 5.95 Å². The zero-order chi connectivity index (χ0) is 11.3. The Bertz CT molecular complexity index is 289. The van der Waals surface area contributed by atoms with Crippen molar-refractivity contribution in [2.75, 3.05) is 18.1 Å². The van der Waals surface area contributed by atoms with Gasteiger partial charge in [-0.2, -0.15) is 0 Å². The van der Waals surface area contributed by atoms with Gasteiger partial charge in [-0.1, -0.05) is 0 Å². The maximum Gasteiger partial charge on any atom is 0.225 e. The fourth-order valence-electron chi connectivity index (χ4n) is 1.28. The van der Waals surface area contributed by atoms with Crippen molar-refractivity contribution >= 4 is 21.9 Å². The van der Waals surface area contributed by atoms with Crippen LogP contribution in [0.1, 0.15) is 20.3 Å². The lowest BCUT2D eigenvalue weighted by Crippen LogP contribution is -2.33. The van der Waals surface area contributed by atoms with Crippen molar-refractivity contribution in [3.63, 3.8) is 0 Å². The molecule has 0 aromatic carbocycles. The lowest BCUT2D eigenvalue weighted by molar-refractivity contribution is 0.288. The van der Waals surface area contributed by atoms with Crippen LogP contribution in [0.2, 0.25) is 0 Å². The number of anilines is 1. The van der Waals surface area contributed by atoms with Crippen molar-refractivity contribution in [1.82, 2.24) is 9.97 Å². The van der Waals surface area contributed by atoms with E-state index in [1.165, 1.54) is 0 Å². The van der Waals surface area contributed by atoms with Gasteiger partial charge in [0.15, 0.2) is 0 Å². The summed E-state index contributed by atoms with van der Waals surface area (Å²) in [6.45, 7) is 5.14. The van der Waals surface area contributed by atoms with Gasteiger partial charge in [-0.3, -0.25) is 0 Å². The largest absolute Gasteiger partial charge is 0.396 e. The van der Waals surface area contributed by atoms with E-state index in [1.54, 1.807) is 12.4 Å². The van der Waals surface area contributed by atoms with Gasteiger partial charge in [0.25, 0.3) is 0 Å². The second-order valence-corrected chi connectivity index (χ2v) is 4.48. The van der Waals surface area contributed by atoms with E-state index in [2.05, 4.69) is 44.6 Å². The van der Waals surface area contributed by atoms with Crippen LogP contribution in [0.3, 0.4) is 0 Å². The molecule has 1 N–H and O–H groups in total. The Morgan fingerprint density at radius 3 is 2.47 bits per heavy atom. The summed E-state index contributed by atoms with van der Waals surface area (Å²) in [5.74, 6) is 0.710. The first-order chi connectivity index (χ1) is 7.15. The zero-order valence-electron chi connectivity index (χ0n) is 9.02. The molecular weight excluding hydrogens is 258 g/mol. The Morgan fingerprint density at radius 1 is 1.40 bits per heavy atom. The Balaban J connectivity index is 2.74. The smallest absolute Gasteiger partial charge is 0.225 e. The van der Waals surface area contributed by atoms with Crippen LogP contribution >= 0.6 is 15.9 Å². The Hall–Kier alpha value is -0.680. The molecule has 0 spiro atoms. The van der Waals surface area contributed by atoms with Crippen LogP contribution < -0.4 is 4.90 Å². The number of nitrogens with zero attached hydrogens (tertiary/aromatic N) is 3. The number of aliphatic hydroxyl groups excluding tert-OH is 1. The minimum Gasteiger partial charge on any atom is -0.396 e. The van der Waals surface area contributed by atoms with Crippen molar-refractivity contribution in [2.45, 2.75) is 26.3 Å². The second-order valence-electron chi connectivity index (χ2n) is 3.57. The molecule has 1 heterocycles. The van der Waals surface area contributed by atoms with Crippen LogP contribution in [-0.4, -0.2) is 34.3 Å². The Kier molecular flexibility index (Phi) is 4.98. The minimum absolute atomic E-state index is 0.194. The highest BCUT2D eigenvalue weighted by molar-refractivity contribution is 9.10. The lowest BCUT2D eigenvalue weighted by Gasteiger charge is -2.26. The van der Waals surface area contributed by atoms with Gasteiger partial charge in [-0.05, 0) is 36.2 Å². The van der Waals surface area contributed by atoms with E-state index < -0.39 is 0 Å². The fourth-order valence-corrected chi connectivity index (χ4v) is 1.49. The number of hydrogen-bond donors (Lipinski definition) is 1. The van der Waals surface area contributed by atoms with E-state index in [9.17, 15) is 0 Å². The van der Waals surface area contributed by atoms with Crippen molar-refractivity contribution in [1.29, 1.82) is 0 Å². The molecule has 0 fully saturated rings. The van der Waals surface area contributed by atoms with Crippen molar-refractivity contribution in [3.05, 3.63) is 16.9 Å². The van der Waals surface area contributed by atoms with Gasteiger partial charge in [-0.25, -0.2) is 9.97 Å². The van der Waals surface area contributed by atoms with Crippen molar-refractivity contribution < 1.29 is 5.11 Å². The lowest BCUT2D eigenvalue weighted by atomic mass is 10.3. The van der Waals surface area contributed by atoms with Gasteiger partial charge >= 0.3 is 0 Å². The summed E-state index contributed by atoms with van der Waals surface area (Å²) in [7, 11) is 0. The van der Waals surface area contributed by atoms with E-state index in [0.29, 0.717) is 12.0 Å². The first-order valence-corrected chi connectivity index (χ1v) is 5.79. The Labute approximate surface area is 98.5 Å². The van der Waals surface area contributed by atoms with Gasteiger partial charge in [0.1, 0.15) is 0 Å². The number of rotatable bonds is 5. The first kappa shape index (κ1) is 12.4. The highest BCUT2D eigenvalue weighted by Gasteiger charge is 2.12. The third kappa shape index (κ3) is 3.76. The molecule has 0 aliphatic carbocycles. The molecule has 84 valence electrons. The molecule has 1 aromatic rings. The molecule has 1 aromatic heterocycles. The summed E-state index contributed by atoms with van der Waals surface area (Å²) in [6.07, 6.45) is 4.20. The van der Waals surface area contributed by atoms with E-state index in [4.69, 9.17) is 5.11 Å². The van der Waals surface area contributed by atoms with Crippen LogP contribution in [-0.2, 0) is 0 Å². The maximum absolute atomic E-state index is 8.81. The zero-order valence-corrected chi connectivity index (χ0v) is 10.6. The monoisotopic (exact) mass is 273 g/mol. The standard InChI is InChI=1S/C10H16BrN3O/c1-8(2)14(4-3-5-15)10-12-6-9(11)7-13-10/h6-8,15H,3-5H2,1-2H3. The Morgan fingerprint density at radius 2 is 2.00 bits per heavy atom. The molecule has 5 heteroatoms. The quantitative estimate of drug-likeness (QED) is 0.890. The summed E-state index contributed by atoms with van der Waals surface area (Å²) in [5, 5.41) is 8.81. The number of hydrogen-bond acceptors (Lipinski definition) is 4. The molecule has 0 saturated heterocycles. The average Bonchev–Trinajstić information content (AvgIpc) is 2.21. The number of aliphatic hydroxyl groups is 1. The molecule has 15 heavy (non-hydrogen) atoms. The fraction of sp³-hybridized carbons (Fsp3) is 0.600. The van der Waals surface area contributed by atoms with E-state index in [1.807, 2.05) is 0 Å². The summed E-state index contributed by atoms with van der Waals surface area (Å²) < 4.78 is 0.872. The third-order valence-corrected chi connectivity index (χ3v) is 2.45. The van der Waals surface area contributed by atoms with E-state index >= 15 is 0 Å². The molecule has 1 rings (SSSR count). The van der Waals surface area contributed by atoms with E-state index in [0.717, 1.165) is 17.4 Å². The van der Waals surface area contributed by atoms with Gasteiger partial charge < -0.3 is 10.0 Å². The number of aromatic nitrogens is 2. The molecule has 0 atom stereocenters. The SMILES string of the molecule is CC(C)N(CCCO)c1ncc(Br)cn1. The summed E-state index contributed by atoms with van der Waals surface area (Å²) in [6, 6.07) is 0.331. The molecular formula is C10H16BrN3O. The third-order valence-electron chi connectivity index (χ3n) is 2.04. The first-order valence-electron chi connectivity index (χ1n) is 5.00. The predicted molar refractivity (Wildman–Crippen MR) is 63.9 cm³/mol. The van der Waals surface area contributed by atoms with Crippen LogP contribution in [0, 0.1) is 0 Å². The topological polar surface area (TPSA) is 49.2 Å². The molecule has 4 nitrogen and oxygen atoms in total. The average molecular weight is 274 g/mol. The molecule has 0 saturated carbocycles. The van der Waals surface area contributed by atoms with Crippen LogP contribution in [0.5, 0.6) is 0 Å². The summed E-state index contributed by atoms with van der Waals surface area (Å²) >= 11 is 3.30. The maximum atomic E-state index is 8.81. The molecule has 0 amide bonds. The highest BCUT2D eigenvalue weighted by atomic mass is 79.9. The van der Waals surface area contributed by atoms with Crippen molar-refractivity contribution in [2.24, 2.45) is 0 Å². The summed E-state index contributed by atoms with van der Waals surface area (Å²) in [4.78, 5) is 10.6. The van der Waals surface area contributed by atoms with Gasteiger partial charge in [-0.15, -0.1) is 0 Å².